The van der Waals surface area contributed by atoms with Crippen molar-refractivity contribution in [3.63, 3.8) is 0 Å². The van der Waals surface area contributed by atoms with E-state index in [1.807, 2.05) is 36.4 Å². The molecule has 2 N–H and O–H groups in total. The van der Waals surface area contributed by atoms with Gasteiger partial charge < -0.3 is 19.6 Å². The lowest BCUT2D eigenvalue weighted by molar-refractivity contribution is -0.152. The first-order valence-corrected chi connectivity index (χ1v) is 8.50. The molecule has 2 aromatic carbocycles. The summed E-state index contributed by atoms with van der Waals surface area (Å²) in [6.07, 6.45) is 0.711. The molecule has 1 heterocycles. The van der Waals surface area contributed by atoms with Gasteiger partial charge >= 0.3 is 5.97 Å². The molecule has 0 amide bonds. The highest BCUT2D eigenvalue weighted by Crippen LogP contribution is 2.19. The van der Waals surface area contributed by atoms with Crippen LogP contribution in [0.3, 0.4) is 0 Å². The number of hydrogen-bond donors (Lipinski definition) is 2. The molecular formula is C20H22N2O4. The minimum atomic E-state index is -1.25. The Kier molecular flexibility index (Phi) is 5.23. The monoisotopic (exact) mass is 354 g/mol. The minimum Gasteiger partial charge on any atom is -0.478 e. The summed E-state index contributed by atoms with van der Waals surface area (Å²) in [5.74, 6) is 0.258. The number of nitrogens with one attached hydrogen (secondary N) is 1. The predicted molar refractivity (Wildman–Crippen MR) is 98.2 cm³/mol. The van der Waals surface area contributed by atoms with Crippen molar-refractivity contribution in [3.8, 4) is 5.75 Å². The van der Waals surface area contributed by atoms with Gasteiger partial charge in [0.15, 0.2) is 17.1 Å². The van der Waals surface area contributed by atoms with Crippen LogP contribution in [0.5, 0.6) is 5.75 Å². The standard InChI is InChI=1S/C20H22N2O4/c1-20(2,19(23)24)26-15-9-7-14(8-10-15)13-21-12-11-18-22-16-5-3-4-6-17(16)25-18/h3-10,21H,11-13H2,1-2H3,(H,23,24). The maximum absolute atomic E-state index is 11.1. The van der Waals surface area contributed by atoms with E-state index in [9.17, 15) is 4.79 Å². The van der Waals surface area contributed by atoms with Crippen LogP contribution in [0, 0.1) is 0 Å². The molecule has 0 atom stereocenters. The largest absolute Gasteiger partial charge is 0.478 e. The van der Waals surface area contributed by atoms with Crippen LogP contribution in [0.2, 0.25) is 0 Å². The first-order valence-electron chi connectivity index (χ1n) is 8.50. The number of benzene rings is 2. The quantitative estimate of drug-likeness (QED) is 0.603. The molecule has 0 aliphatic heterocycles. The highest BCUT2D eigenvalue weighted by atomic mass is 16.5. The third-order valence-corrected chi connectivity index (χ3v) is 3.99. The zero-order chi connectivity index (χ0) is 18.6. The molecule has 0 spiro atoms. The van der Waals surface area contributed by atoms with Gasteiger partial charge in [0.25, 0.3) is 0 Å². The maximum atomic E-state index is 11.1. The number of aromatic nitrogens is 1. The number of hydrogen-bond acceptors (Lipinski definition) is 5. The van der Waals surface area contributed by atoms with Crippen LogP contribution >= 0.6 is 0 Å². The van der Waals surface area contributed by atoms with E-state index in [4.69, 9.17) is 14.3 Å². The molecule has 3 rings (SSSR count). The zero-order valence-electron chi connectivity index (χ0n) is 14.9. The van der Waals surface area contributed by atoms with Crippen LogP contribution in [0.15, 0.2) is 52.9 Å². The van der Waals surface area contributed by atoms with Gasteiger partial charge in [-0.25, -0.2) is 9.78 Å². The third kappa shape index (κ3) is 4.40. The van der Waals surface area contributed by atoms with Crippen LogP contribution in [0.25, 0.3) is 11.1 Å². The zero-order valence-corrected chi connectivity index (χ0v) is 14.9. The highest BCUT2D eigenvalue weighted by molar-refractivity contribution is 5.76. The Morgan fingerprint density at radius 3 is 2.62 bits per heavy atom. The molecule has 6 nitrogen and oxygen atoms in total. The first kappa shape index (κ1) is 17.9. The molecule has 0 aliphatic carbocycles. The number of oxazole rings is 1. The molecule has 0 saturated carbocycles. The Hall–Kier alpha value is -2.86. The van der Waals surface area contributed by atoms with Gasteiger partial charge in [-0.3, -0.25) is 0 Å². The van der Waals surface area contributed by atoms with Gasteiger partial charge in [0.1, 0.15) is 11.3 Å². The van der Waals surface area contributed by atoms with Gasteiger partial charge in [-0.05, 0) is 43.7 Å². The SMILES string of the molecule is CC(C)(Oc1ccc(CNCCc2nc3ccccc3o2)cc1)C(=O)O. The Morgan fingerprint density at radius 2 is 1.92 bits per heavy atom. The Labute approximate surface area is 151 Å². The van der Waals surface area contributed by atoms with Crippen molar-refractivity contribution < 1.29 is 19.1 Å². The van der Waals surface area contributed by atoms with Crippen molar-refractivity contribution in [2.75, 3.05) is 6.54 Å². The Bertz CT molecular complexity index is 851. The van der Waals surface area contributed by atoms with Gasteiger partial charge in [-0.1, -0.05) is 24.3 Å². The number of aliphatic carboxylic acids is 1. The Morgan fingerprint density at radius 1 is 1.19 bits per heavy atom. The van der Waals surface area contributed by atoms with E-state index in [0.29, 0.717) is 18.7 Å². The number of carbonyl (C=O) groups is 1. The van der Waals surface area contributed by atoms with E-state index in [1.165, 1.54) is 13.8 Å². The van der Waals surface area contributed by atoms with Crippen LogP contribution in [-0.2, 0) is 17.8 Å². The number of rotatable bonds is 8. The van der Waals surface area contributed by atoms with E-state index < -0.39 is 11.6 Å². The minimum absolute atomic E-state index is 0.535. The van der Waals surface area contributed by atoms with Crippen molar-refractivity contribution in [2.24, 2.45) is 0 Å². The van der Waals surface area contributed by atoms with Crippen molar-refractivity contribution in [2.45, 2.75) is 32.4 Å². The van der Waals surface area contributed by atoms with Crippen molar-refractivity contribution >= 4 is 17.1 Å². The predicted octanol–water partition coefficient (Wildman–Crippen LogP) is 3.40. The molecular weight excluding hydrogens is 332 g/mol. The van der Waals surface area contributed by atoms with E-state index >= 15 is 0 Å². The molecule has 0 fully saturated rings. The normalized spacial score (nSPS) is 11.6. The molecule has 6 heteroatoms. The van der Waals surface area contributed by atoms with E-state index in [-0.39, 0.29) is 0 Å². The van der Waals surface area contributed by atoms with Crippen LogP contribution < -0.4 is 10.1 Å². The van der Waals surface area contributed by atoms with Gasteiger partial charge in [0, 0.05) is 19.5 Å². The number of para-hydroxylation sites is 2. The van der Waals surface area contributed by atoms with Gasteiger partial charge in [0.2, 0.25) is 0 Å². The molecule has 3 aromatic rings. The summed E-state index contributed by atoms with van der Waals surface area (Å²) in [6, 6.07) is 15.1. The number of carboxylic acid groups (broad SMARTS) is 1. The van der Waals surface area contributed by atoms with Gasteiger partial charge in [-0.15, -0.1) is 0 Å². The third-order valence-electron chi connectivity index (χ3n) is 3.99. The average molecular weight is 354 g/mol. The number of carboxylic acids is 1. The smallest absolute Gasteiger partial charge is 0.347 e. The first-order chi connectivity index (χ1) is 12.4. The van der Waals surface area contributed by atoms with Crippen LogP contribution in [0.1, 0.15) is 25.3 Å². The van der Waals surface area contributed by atoms with Crippen molar-refractivity contribution in [1.29, 1.82) is 0 Å². The highest BCUT2D eigenvalue weighted by Gasteiger charge is 2.29. The molecule has 26 heavy (non-hydrogen) atoms. The van der Waals surface area contributed by atoms with E-state index in [2.05, 4.69) is 10.3 Å². The molecule has 0 aliphatic rings. The maximum Gasteiger partial charge on any atom is 0.347 e. The second-order valence-corrected chi connectivity index (χ2v) is 6.56. The fraction of sp³-hybridized carbons (Fsp3) is 0.300. The molecule has 1 aromatic heterocycles. The fourth-order valence-corrected chi connectivity index (χ4v) is 2.47. The van der Waals surface area contributed by atoms with E-state index in [0.717, 1.165) is 29.1 Å². The summed E-state index contributed by atoms with van der Waals surface area (Å²) < 4.78 is 11.2. The second kappa shape index (κ2) is 7.58. The van der Waals surface area contributed by atoms with Gasteiger partial charge in [-0.2, -0.15) is 0 Å². The molecule has 0 unspecified atom stereocenters. The lowest BCUT2D eigenvalue weighted by atomic mass is 10.1. The van der Waals surface area contributed by atoms with Crippen molar-refractivity contribution in [3.05, 3.63) is 60.0 Å². The molecule has 136 valence electrons. The lowest BCUT2D eigenvalue weighted by Crippen LogP contribution is -2.37. The summed E-state index contributed by atoms with van der Waals surface area (Å²) >= 11 is 0. The summed E-state index contributed by atoms with van der Waals surface area (Å²) in [5.41, 5.74) is 1.52. The lowest BCUT2D eigenvalue weighted by Gasteiger charge is -2.21. The number of ether oxygens (including phenoxy) is 1. The second-order valence-electron chi connectivity index (χ2n) is 6.56. The fourth-order valence-electron chi connectivity index (χ4n) is 2.47. The topological polar surface area (TPSA) is 84.6 Å². The summed E-state index contributed by atoms with van der Waals surface area (Å²) in [6.45, 7) is 4.49. The average Bonchev–Trinajstić information content (AvgIpc) is 3.02. The molecule has 0 bridgehead atoms. The van der Waals surface area contributed by atoms with Gasteiger partial charge in [0.05, 0.1) is 0 Å². The van der Waals surface area contributed by atoms with Crippen LogP contribution in [-0.4, -0.2) is 28.2 Å². The summed E-state index contributed by atoms with van der Waals surface area (Å²) in [5, 5.41) is 12.4. The number of fused-ring (bicyclic) bond motifs is 1. The van der Waals surface area contributed by atoms with Crippen LogP contribution in [0.4, 0.5) is 0 Å². The number of nitrogens with zero attached hydrogens (tertiary/aromatic N) is 1. The Balaban J connectivity index is 1.47. The summed E-state index contributed by atoms with van der Waals surface area (Å²) in [7, 11) is 0. The molecule has 0 radical (unpaired) electrons. The summed E-state index contributed by atoms with van der Waals surface area (Å²) in [4.78, 5) is 15.5. The van der Waals surface area contributed by atoms with E-state index in [1.54, 1.807) is 12.1 Å². The van der Waals surface area contributed by atoms with Crippen molar-refractivity contribution in [1.82, 2.24) is 10.3 Å². The molecule has 0 saturated heterocycles.